The Bertz CT molecular complexity index is 650. The number of likely N-dealkylation sites (tertiary alicyclic amines) is 1. The number of carbonyl (C=O) groups excluding carboxylic acids is 2. The third kappa shape index (κ3) is 5.06. The second-order valence-corrected chi connectivity index (χ2v) is 7.40. The smallest absolute Gasteiger partial charge is 0.411 e. The van der Waals surface area contributed by atoms with Crippen molar-refractivity contribution in [2.75, 3.05) is 6.54 Å². The van der Waals surface area contributed by atoms with Gasteiger partial charge in [-0.1, -0.05) is 28.2 Å². The lowest BCUT2D eigenvalue weighted by Gasteiger charge is -2.29. The van der Waals surface area contributed by atoms with Gasteiger partial charge < -0.3 is 9.84 Å². The molecule has 0 saturated carbocycles. The molecule has 25 heavy (non-hydrogen) atoms. The van der Waals surface area contributed by atoms with E-state index in [4.69, 9.17) is 16.3 Å². The molecule has 0 aliphatic carbocycles. The van der Waals surface area contributed by atoms with Gasteiger partial charge in [-0.25, -0.2) is 4.79 Å². The molecule has 6 nitrogen and oxygen atoms in total. The molecule has 0 radical (unpaired) electrons. The number of aliphatic hydroxyl groups excluding tert-OH is 1. The van der Waals surface area contributed by atoms with Crippen molar-refractivity contribution in [3.05, 3.63) is 34.9 Å². The monoisotopic (exact) mass is 372 g/mol. The van der Waals surface area contributed by atoms with Crippen molar-refractivity contribution in [2.45, 2.75) is 51.5 Å². The maximum Gasteiger partial charge on any atom is 0.411 e. The van der Waals surface area contributed by atoms with Crippen molar-refractivity contribution in [3.63, 3.8) is 0 Å². The summed E-state index contributed by atoms with van der Waals surface area (Å²) < 4.78 is 19.6. The van der Waals surface area contributed by atoms with Crippen LogP contribution in [0.1, 0.15) is 32.8 Å². The van der Waals surface area contributed by atoms with Crippen LogP contribution in [0.15, 0.2) is 24.3 Å². The van der Waals surface area contributed by atoms with E-state index in [1.54, 1.807) is 39.0 Å². The minimum absolute atomic E-state index is 0.0117. The number of benzene rings is 1. The summed E-state index contributed by atoms with van der Waals surface area (Å²) in [5.74, 6) is -0.990. The minimum Gasteiger partial charge on any atom is -0.444 e. The molecule has 2 amide bonds. The first-order chi connectivity index (χ1) is 11.6. The van der Waals surface area contributed by atoms with Gasteiger partial charge in [0.05, 0.1) is 12.6 Å². The van der Waals surface area contributed by atoms with Gasteiger partial charge in [-0.3, -0.25) is 9.69 Å². The topological polar surface area (TPSA) is 70.1 Å². The summed E-state index contributed by atoms with van der Waals surface area (Å²) in [5, 5.41) is 10.5. The standard InChI is InChI=1S/C17H22ClFN2O4/c1-17(2,3)25-16(24)20-8-7-13(22)14(20)15(23)21(19)10-11-5-4-6-12(18)9-11/h4-6,9,13-14,22H,7-8,10H2,1-3H3/t13-,14-/m0/s1. The highest BCUT2D eigenvalue weighted by molar-refractivity contribution is 6.30. The number of hydrogen-bond acceptors (Lipinski definition) is 4. The van der Waals surface area contributed by atoms with Gasteiger partial charge in [-0.05, 0) is 44.9 Å². The van der Waals surface area contributed by atoms with Crippen molar-refractivity contribution < 1.29 is 23.9 Å². The van der Waals surface area contributed by atoms with Gasteiger partial charge in [-0.15, -0.1) is 0 Å². The van der Waals surface area contributed by atoms with E-state index in [0.29, 0.717) is 10.6 Å². The minimum atomic E-state index is -1.31. The Morgan fingerprint density at radius 1 is 1.44 bits per heavy atom. The van der Waals surface area contributed by atoms with E-state index < -0.39 is 29.7 Å². The van der Waals surface area contributed by atoms with Gasteiger partial charge in [0.25, 0.3) is 5.91 Å². The summed E-state index contributed by atoms with van der Waals surface area (Å²) in [6, 6.07) is 5.15. The van der Waals surface area contributed by atoms with Crippen molar-refractivity contribution in [2.24, 2.45) is 0 Å². The molecule has 2 rings (SSSR count). The number of hydrogen-bond donors (Lipinski definition) is 1. The fourth-order valence-electron chi connectivity index (χ4n) is 2.62. The number of amides is 2. The third-order valence-electron chi connectivity index (χ3n) is 3.70. The van der Waals surface area contributed by atoms with Gasteiger partial charge >= 0.3 is 6.09 Å². The molecular formula is C17H22ClFN2O4. The zero-order chi connectivity index (χ0) is 18.8. The fraction of sp³-hybridized carbons (Fsp3) is 0.529. The molecule has 0 bridgehead atoms. The first-order valence-electron chi connectivity index (χ1n) is 7.98. The van der Waals surface area contributed by atoms with E-state index in [1.165, 1.54) is 6.07 Å². The van der Waals surface area contributed by atoms with Gasteiger partial charge in [0.15, 0.2) is 0 Å². The van der Waals surface area contributed by atoms with E-state index in [0.717, 1.165) is 4.90 Å². The highest BCUT2D eigenvalue weighted by atomic mass is 35.5. The second-order valence-electron chi connectivity index (χ2n) is 6.96. The molecule has 0 aromatic heterocycles. The Labute approximate surface area is 151 Å². The summed E-state index contributed by atoms with van der Waals surface area (Å²) in [6.45, 7) is 4.86. The zero-order valence-electron chi connectivity index (χ0n) is 14.4. The number of halogens is 2. The predicted molar refractivity (Wildman–Crippen MR) is 90.5 cm³/mol. The molecule has 0 spiro atoms. The van der Waals surface area contributed by atoms with E-state index in [9.17, 15) is 19.2 Å². The van der Waals surface area contributed by atoms with Gasteiger partial charge in [0.2, 0.25) is 0 Å². The largest absolute Gasteiger partial charge is 0.444 e. The SMILES string of the molecule is CC(C)(C)OC(=O)N1CC[C@H](O)[C@H]1C(=O)N(F)Cc1cccc(Cl)c1. The fourth-order valence-corrected chi connectivity index (χ4v) is 2.83. The van der Waals surface area contributed by atoms with Gasteiger partial charge in [-0.2, -0.15) is 5.12 Å². The highest BCUT2D eigenvalue weighted by Crippen LogP contribution is 2.24. The van der Waals surface area contributed by atoms with E-state index >= 15 is 0 Å². The second kappa shape index (κ2) is 7.58. The van der Waals surface area contributed by atoms with Crippen LogP contribution in [0.4, 0.5) is 9.28 Å². The Morgan fingerprint density at radius 2 is 2.12 bits per heavy atom. The number of aliphatic hydroxyl groups is 1. The zero-order valence-corrected chi connectivity index (χ0v) is 15.2. The molecule has 1 aromatic carbocycles. The lowest BCUT2D eigenvalue weighted by atomic mass is 10.1. The molecule has 0 unspecified atom stereocenters. The first-order valence-corrected chi connectivity index (χ1v) is 8.35. The van der Waals surface area contributed by atoms with Crippen molar-refractivity contribution in [3.8, 4) is 0 Å². The van der Waals surface area contributed by atoms with Crippen LogP contribution in [-0.2, 0) is 16.1 Å². The van der Waals surface area contributed by atoms with Crippen LogP contribution in [0, 0.1) is 0 Å². The summed E-state index contributed by atoms with van der Waals surface area (Å²) >= 11 is 5.85. The number of rotatable bonds is 3. The molecule has 1 heterocycles. The van der Waals surface area contributed by atoms with Crippen LogP contribution < -0.4 is 0 Å². The van der Waals surface area contributed by atoms with E-state index in [-0.39, 0.29) is 24.6 Å². The van der Waals surface area contributed by atoms with Gasteiger partial charge in [0.1, 0.15) is 11.6 Å². The third-order valence-corrected chi connectivity index (χ3v) is 3.93. The normalized spacial score (nSPS) is 20.5. The lowest BCUT2D eigenvalue weighted by molar-refractivity contribution is -0.155. The number of nitrogens with zero attached hydrogens (tertiary/aromatic N) is 2. The van der Waals surface area contributed by atoms with Crippen LogP contribution in [0.25, 0.3) is 0 Å². The van der Waals surface area contributed by atoms with Gasteiger partial charge in [0, 0.05) is 11.6 Å². The molecule has 1 aromatic rings. The molecule has 1 aliphatic rings. The molecule has 1 fully saturated rings. The Kier molecular flexibility index (Phi) is 5.90. The Morgan fingerprint density at radius 3 is 2.72 bits per heavy atom. The molecular weight excluding hydrogens is 351 g/mol. The summed E-state index contributed by atoms with van der Waals surface area (Å²) in [6.07, 6.45) is -1.71. The molecule has 1 saturated heterocycles. The molecule has 1 aliphatic heterocycles. The van der Waals surface area contributed by atoms with Crippen LogP contribution in [0.5, 0.6) is 0 Å². The maximum absolute atomic E-state index is 14.4. The van der Waals surface area contributed by atoms with E-state index in [2.05, 4.69) is 0 Å². The molecule has 8 heteroatoms. The Balaban J connectivity index is 2.10. The van der Waals surface area contributed by atoms with Crippen molar-refractivity contribution in [1.82, 2.24) is 10.0 Å². The van der Waals surface area contributed by atoms with Crippen LogP contribution in [0.2, 0.25) is 5.02 Å². The van der Waals surface area contributed by atoms with Crippen molar-refractivity contribution in [1.29, 1.82) is 0 Å². The predicted octanol–water partition coefficient (Wildman–Crippen LogP) is 2.92. The van der Waals surface area contributed by atoms with Crippen LogP contribution in [-0.4, -0.2) is 51.4 Å². The van der Waals surface area contributed by atoms with Crippen molar-refractivity contribution >= 4 is 23.6 Å². The average Bonchev–Trinajstić information content (AvgIpc) is 2.86. The lowest BCUT2D eigenvalue weighted by Crippen LogP contribution is -2.50. The summed E-state index contributed by atoms with van der Waals surface area (Å²) in [4.78, 5) is 25.7. The quantitative estimate of drug-likeness (QED) is 0.828. The van der Waals surface area contributed by atoms with E-state index in [1.807, 2.05) is 0 Å². The number of ether oxygens (including phenoxy) is 1. The van der Waals surface area contributed by atoms with Crippen LogP contribution >= 0.6 is 11.6 Å². The molecule has 138 valence electrons. The first kappa shape index (κ1) is 19.5. The maximum atomic E-state index is 14.4. The average molecular weight is 373 g/mol. The summed E-state index contributed by atoms with van der Waals surface area (Å²) in [7, 11) is 0. The molecule has 1 N–H and O–H groups in total. The number of carbonyl (C=O) groups is 2. The molecule has 2 atom stereocenters. The highest BCUT2D eigenvalue weighted by Gasteiger charge is 2.44. The summed E-state index contributed by atoms with van der Waals surface area (Å²) in [5.41, 5.74) is -0.256. The van der Waals surface area contributed by atoms with Crippen LogP contribution in [0.3, 0.4) is 0 Å². The Hall–Kier alpha value is -1.86.